The maximum absolute atomic E-state index is 15.2. The minimum Gasteiger partial charge on any atom is -0.494 e. The van der Waals surface area contributed by atoms with E-state index in [1.165, 1.54) is 6.07 Å². The van der Waals surface area contributed by atoms with Gasteiger partial charge < -0.3 is 20.1 Å². The molecule has 0 bridgehead atoms. The fourth-order valence-electron chi connectivity index (χ4n) is 5.97. The van der Waals surface area contributed by atoms with Gasteiger partial charge in [0.25, 0.3) is 11.8 Å². The van der Waals surface area contributed by atoms with Gasteiger partial charge >= 0.3 is 0 Å². The molecule has 46 heavy (non-hydrogen) atoms. The molecule has 13 heteroatoms. The van der Waals surface area contributed by atoms with E-state index in [1.807, 2.05) is 36.1 Å². The molecule has 0 spiro atoms. The quantitative estimate of drug-likeness (QED) is 0.231. The highest BCUT2D eigenvalue weighted by Crippen LogP contribution is 2.33. The van der Waals surface area contributed by atoms with Gasteiger partial charge in [-0.15, -0.1) is 12.4 Å². The lowest BCUT2D eigenvalue weighted by atomic mass is 10.0. The molecule has 3 aliphatic rings. The van der Waals surface area contributed by atoms with Crippen LogP contribution in [0.15, 0.2) is 36.4 Å². The highest BCUT2D eigenvalue weighted by atomic mass is 35.5. The van der Waals surface area contributed by atoms with Crippen LogP contribution >= 0.6 is 12.4 Å². The molecule has 3 heterocycles. The Morgan fingerprint density at radius 3 is 2.33 bits per heavy atom. The number of benzene rings is 2. The van der Waals surface area contributed by atoms with Gasteiger partial charge in [0.2, 0.25) is 11.8 Å². The largest absolute Gasteiger partial charge is 0.494 e. The van der Waals surface area contributed by atoms with Crippen LogP contribution in [0.2, 0.25) is 0 Å². The van der Waals surface area contributed by atoms with Crippen molar-refractivity contribution in [3.05, 3.63) is 58.9 Å². The zero-order valence-electron chi connectivity index (χ0n) is 26.2. The van der Waals surface area contributed by atoms with Crippen molar-refractivity contribution in [2.45, 2.75) is 57.5 Å². The summed E-state index contributed by atoms with van der Waals surface area (Å²) in [5.41, 5.74) is 7.29. The Kier molecular flexibility index (Phi) is 12.5. The van der Waals surface area contributed by atoms with Crippen LogP contribution in [-0.4, -0.2) is 92.0 Å². The maximum atomic E-state index is 15.2. The number of halogens is 2. The number of carbonyl (C=O) groups excluding carboxylic acids is 4. The van der Waals surface area contributed by atoms with Crippen molar-refractivity contribution in [3.63, 3.8) is 0 Å². The van der Waals surface area contributed by atoms with Crippen molar-refractivity contribution in [1.29, 1.82) is 0 Å². The average Bonchev–Trinajstić information content (AvgIpc) is 3.26. The number of nitrogens with zero attached hydrogens (tertiary/aromatic N) is 3. The number of nitrogens with two attached hydrogens (primary N) is 1. The lowest BCUT2D eigenvalue weighted by Gasteiger charge is -2.36. The Hall–Kier alpha value is -3.58. The summed E-state index contributed by atoms with van der Waals surface area (Å²) in [6.45, 7) is 7.30. The number of unbranched alkanes of at least 4 members (excludes halogenated alkanes) is 3. The van der Waals surface area contributed by atoms with Gasteiger partial charge in [-0.25, -0.2) is 4.39 Å². The Bertz CT molecular complexity index is 1420. The first-order valence-electron chi connectivity index (χ1n) is 15.8. The molecule has 2 fully saturated rings. The summed E-state index contributed by atoms with van der Waals surface area (Å²) in [7, 11) is 0. The number of hydrogen-bond acceptors (Lipinski definition) is 9. The number of piperazine rings is 1. The second kappa shape index (κ2) is 16.3. The number of imide groups is 2. The van der Waals surface area contributed by atoms with Gasteiger partial charge in [-0.2, -0.15) is 0 Å². The molecule has 0 radical (unpaired) electrons. The molecule has 11 nitrogen and oxygen atoms in total. The lowest BCUT2D eigenvalue weighted by Crippen LogP contribution is -2.54. The molecule has 2 aromatic rings. The van der Waals surface area contributed by atoms with Gasteiger partial charge in [0.05, 0.1) is 30.0 Å². The van der Waals surface area contributed by atoms with Crippen LogP contribution in [0.4, 0.5) is 10.1 Å². The minimum absolute atomic E-state index is 0. The van der Waals surface area contributed by atoms with Crippen LogP contribution in [0, 0.1) is 5.82 Å². The Morgan fingerprint density at radius 1 is 0.935 bits per heavy atom. The van der Waals surface area contributed by atoms with Crippen LogP contribution in [0.3, 0.4) is 0 Å². The highest BCUT2D eigenvalue weighted by molar-refractivity contribution is 6.23. The normalized spacial score (nSPS) is 19.2. The summed E-state index contributed by atoms with van der Waals surface area (Å²) in [4.78, 5) is 54.9. The van der Waals surface area contributed by atoms with E-state index in [4.69, 9.17) is 15.2 Å². The first-order valence-corrected chi connectivity index (χ1v) is 15.8. The Morgan fingerprint density at radius 2 is 1.63 bits per heavy atom. The molecule has 4 amide bonds. The third kappa shape index (κ3) is 8.41. The molecular weight excluding hydrogens is 617 g/mol. The number of amides is 4. The monoisotopic (exact) mass is 659 g/mol. The molecule has 2 saturated heterocycles. The molecule has 2 aromatic carbocycles. The number of carbonyl (C=O) groups is 4. The maximum Gasteiger partial charge on any atom is 0.262 e. The van der Waals surface area contributed by atoms with E-state index < -0.39 is 35.5 Å². The molecule has 2 atom stereocenters. The molecule has 0 saturated carbocycles. The van der Waals surface area contributed by atoms with Gasteiger partial charge in [-0.05, 0) is 62.4 Å². The number of anilines is 1. The molecule has 5 rings (SSSR count). The number of rotatable bonds is 14. The number of ether oxygens (including phenoxy) is 2. The summed E-state index contributed by atoms with van der Waals surface area (Å²) < 4.78 is 26.9. The van der Waals surface area contributed by atoms with Crippen molar-refractivity contribution in [2.75, 3.05) is 57.4 Å². The number of hydrogen-bond donors (Lipinski definition) is 2. The van der Waals surface area contributed by atoms with E-state index in [-0.39, 0.29) is 48.1 Å². The van der Waals surface area contributed by atoms with Gasteiger partial charge in [0, 0.05) is 51.8 Å². The number of nitrogens with one attached hydrogen (secondary N) is 1. The summed E-state index contributed by atoms with van der Waals surface area (Å²) >= 11 is 0. The molecule has 3 aliphatic heterocycles. The second-order valence-corrected chi connectivity index (χ2v) is 11.9. The second-order valence-electron chi connectivity index (χ2n) is 11.9. The molecule has 0 aliphatic carbocycles. The predicted octanol–water partition coefficient (Wildman–Crippen LogP) is 3.45. The van der Waals surface area contributed by atoms with Crippen molar-refractivity contribution in [1.82, 2.24) is 15.1 Å². The third-order valence-corrected chi connectivity index (χ3v) is 8.61. The van der Waals surface area contributed by atoms with Crippen LogP contribution in [0.1, 0.15) is 77.8 Å². The first kappa shape index (κ1) is 35.3. The fraction of sp³-hybridized carbons (Fsp3) is 0.515. The van der Waals surface area contributed by atoms with Crippen LogP contribution < -0.4 is 20.7 Å². The molecule has 250 valence electrons. The highest BCUT2D eigenvalue weighted by Gasteiger charge is 2.45. The third-order valence-electron chi connectivity index (χ3n) is 8.61. The molecule has 3 N–H and O–H groups in total. The average molecular weight is 660 g/mol. The predicted molar refractivity (Wildman–Crippen MR) is 173 cm³/mol. The van der Waals surface area contributed by atoms with E-state index in [1.54, 1.807) is 0 Å². The van der Waals surface area contributed by atoms with E-state index in [0.717, 1.165) is 54.5 Å². The van der Waals surface area contributed by atoms with Crippen molar-refractivity contribution < 1.29 is 33.0 Å². The van der Waals surface area contributed by atoms with Gasteiger partial charge in [0.15, 0.2) is 0 Å². The van der Waals surface area contributed by atoms with Crippen molar-refractivity contribution in [3.8, 4) is 5.75 Å². The summed E-state index contributed by atoms with van der Waals surface area (Å²) in [5.74, 6) is -2.22. The van der Waals surface area contributed by atoms with Crippen molar-refractivity contribution in [2.24, 2.45) is 5.73 Å². The van der Waals surface area contributed by atoms with Crippen LogP contribution in [0.5, 0.6) is 5.75 Å². The lowest BCUT2D eigenvalue weighted by molar-refractivity contribution is -0.136. The molecule has 0 aromatic heterocycles. The summed E-state index contributed by atoms with van der Waals surface area (Å²) in [6.07, 6.45) is 4.21. The molecular formula is C33H43ClFN5O6. The minimum atomic E-state index is -1.08. The van der Waals surface area contributed by atoms with E-state index in [0.29, 0.717) is 46.0 Å². The van der Waals surface area contributed by atoms with Gasteiger partial charge in [-0.1, -0.05) is 18.6 Å². The Balaban J connectivity index is 0.00000480. The Labute approximate surface area is 274 Å². The zero-order chi connectivity index (χ0) is 31.9. The summed E-state index contributed by atoms with van der Waals surface area (Å²) in [5, 5.41) is 2.17. The van der Waals surface area contributed by atoms with Crippen molar-refractivity contribution >= 4 is 41.7 Å². The topological polar surface area (TPSA) is 135 Å². The van der Waals surface area contributed by atoms with Gasteiger partial charge in [-0.3, -0.25) is 34.3 Å². The van der Waals surface area contributed by atoms with E-state index in [2.05, 4.69) is 10.2 Å². The van der Waals surface area contributed by atoms with E-state index in [9.17, 15) is 19.2 Å². The van der Waals surface area contributed by atoms with E-state index >= 15 is 4.39 Å². The smallest absolute Gasteiger partial charge is 0.262 e. The summed E-state index contributed by atoms with van der Waals surface area (Å²) in [6, 6.07) is 9.34. The number of fused-ring (bicyclic) bond motifs is 1. The van der Waals surface area contributed by atoms with Crippen LogP contribution in [0.25, 0.3) is 0 Å². The SMILES string of the molecule is C[C@@H](N)c1cccc(OCCCCCCOCCN2CCN(c3cc4c(cc3F)C(=O)N(C3CCC(=O)NC3=O)C4=O)CC2)c1.Cl. The fourth-order valence-corrected chi connectivity index (χ4v) is 5.97. The number of piperidine rings is 1. The van der Waals surface area contributed by atoms with Crippen LogP contribution in [-0.2, 0) is 14.3 Å². The standard InChI is InChI=1S/C33H42FN5O6.ClH/c1-22(35)23-7-6-8-24(19-23)45-17-5-3-2-4-16-44-18-15-37-11-13-38(14-12-37)29-21-26-25(20-27(29)34)32(42)39(33(26)43)28-9-10-30(40)36-31(28)41;/h6-8,19-22,28H,2-5,9-18,35H2,1H3,(H,36,40,41);1H/t22-,28?;/m1./s1. The first-order chi connectivity index (χ1) is 21.7. The zero-order valence-corrected chi connectivity index (χ0v) is 27.0. The molecule has 1 unspecified atom stereocenters. The van der Waals surface area contributed by atoms with Gasteiger partial charge in [0.1, 0.15) is 17.6 Å².